The molecule has 0 aliphatic heterocycles. The van der Waals surface area contributed by atoms with Gasteiger partial charge in [0, 0.05) is 11.1 Å². The summed E-state index contributed by atoms with van der Waals surface area (Å²) in [6, 6.07) is 32.6. The van der Waals surface area contributed by atoms with E-state index < -0.39 is 0 Å². The van der Waals surface area contributed by atoms with Crippen LogP contribution in [0, 0.1) is 0 Å². The molecule has 0 aromatic heterocycles. The Morgan fingerprint density at radius 2 is 1.43 bits per heavy atom. The molecule has 0 radical (unpaired) electrons. The van der Waals surface area contributed by atoms with Crippen LogP contribution in [0.4, 0.5) is 17.1 Å². The quantitative estimate of drug-likeness (QED) is 0.359. The fourth-order valence-corrected chi connectivity index (χ4v) is 4.35. The summed E-state index contributed by atoms with van der Waals surface area (Å²) in [5.41, 5.74) is 6.45. The molecule has 1 atom stereocenters. The molecule has 0 amide bonds. The summed E-state index contributed by atoms with van der Waals surface area (Å²) in [6.07, 6.45) is 5.65. The molecule has 1 heteroatoms. The molecule has 5 rings (SSSR count). The second-order valence-corrected chi connectivity index (χ2v) is 7.49. The van der Waals surface area contributed by atoms with Gasteiger partial charge in [-0.3, -0.25) is 0 Å². The highest BCUT2D eigenvalue weighted by Gasteiger charge is 2.23. The van der Waals surface area contributed by atoms with Crippen LogP contribution in [0.5, 0.6) is 0 Å². The van der Waals surface area contributed by atoms with E-state index in [9.17, 15) is 0 Å². The molecule has 1 nitrogen and oxygen atoms in total. The van der Waals surface area contributed by atoms with Crippen LogP contribution in [0.15, 0.2) is 97.1 Å². The first-order valence-corrected chi connectivity index (χ1v) is 9.95. The molecule has 1 unspecified atom stereocenters. The Bertz CT molecular complexity index is 1150. The molecule has 0 saturated carbocycles. The average molecular weight is 361 g/mol. The molecule has 1 aliphatic rings. The lowest BCUT2D eigenvalue weighted by molar-refractivity contribution is 0.771. The second-order valence-electron chi connectivity index (χ2n) is 7.49. The summed E-state index contributed by atoms with van der Waals surface area (Å²) < 4.78 is 0. The SMILES string of the molecule is CC1CC=Cc2cccc(N(c3ccccc3)c3cccc4ccccc34)c21. The van der Waals surface area contributed by atoms with E-state index >= 15 is 0 Å². The van der Waals surface area contributed by atoms with Crippen LogP contribution in [-0.2, 0) is 0 Å². The second kappa shape index (κ2) is 7.01. The number of rotatable bonds is 3. The third-order valence-corrected chi connectivity index (χ3v) is 5.66. The Balaban J connectivity index is 1.82. The number of hydrogen-bond donors (Lipinski definition) is 0. The third kappa shape index (κ3) is 2.80. The van der Waals surface area contributed by atoms with E-state index in [1.54, 1.807) is 0 Å². The van der Waals surface area contributed by atoms with Crippen molar-refractivity contribution in [3.05, 3.63) is 108 Å². The summed E-state index contributed by atoms with van der Waals surface area (Å²) >= 11 is 0. The minimum absolute atomic E-state index is 0.498. The van der Waals surface area contributed by atoms with Crippen LogP contribution in [0.3, 0.4) is 0 Å². The molecule has 28 heavy (non-hydrogen) atoms. The van der Waals surface area contributed by atoms with Crippen LogP contribution in [0.25, 0.3) is 16.8 Å². The molecule has 1 aliphatic carbocycles. The summed E-state index contributed by atoms with van der Waals surface area (Å²) in [7, 11) is 0. The lowest BCUT2D eigenvalue weighted by Crippen LogP contribution is -2.15. The highest BCUT2D eigenvalue weighted by atomic mass is 15.1. The van der Waals surface area contributed by atoms with E-state index in [2.05, 4.69) is 115 Å². The lowest BCUT2D eigenvalue weighted by atomic mass is 9.86. The maximum atomic E-state index is 2.43. The van der Waals surface area contributed by atoms with Crippen molar-refractivity contribution in [1.82, 2.24) is 0 Å². The van der Waals surface area contributed by atoms with E-state index in [1.165, 1.54) is 39.0 Å². The maximum Gasteiger partial charge on any atom is 0.0540 e. The number of allylic oxidation sites excluding steroid dienone is 1. The average Bonchev–Trinajstić information content (AvgIpc) is 2.75. The smallest absolute Gasteiger partial charge is 0.0540 e. The van der Waals surface area contributed by atoms with Gasteiger partial charge < -0.3 is 4.90 Å². The van der Waals surface area contributed by atoms with Crippen molar-refractivity contribution in [3.63, 3.8) is 0 Å². The zero-order valence-corrected chi connectivity index (χ0v) is 16.0. The van der Waals surface area contributed by atoms with Crippen molar-refractivity contribution in [3.8, 4) is 0 Å². The molecular formula is C27H23N. The number of benzene rings is 4. The molecule has 0 N–H and O–H groups in total. The van der Waals surface area contributed by atoms with E-state index in [0.29, 0.717) is 5.92 Å². The molecule has 136 valence electrons. The Kier molecular flexibility index (Phi) is 4.21. The van der Waals surface area contributed by atoms with E-state index in [-0.39, 0.29) is 0 Å². The highest BCUT2D eigenvalue weighted by Crippen LogP contribution is 2.44. The number of hydrogen-bond acceptors (Lipinski definition) is 1. The van der Waals surface area contributed by atoms with Crippen LogP contribution < -0.4 is 4.90 Å². The van der Waals surface area contributed by atoms with Gasteiger partial charge in [0.1, 0.15) is 0 Å². The summed E-state index contributed by atoms with van der Waals surface area (Å²) in [6.45, 7) is 2.33. The van der Waals surface area contributed by atoms with Gasteiger partial charge in [-0.1, -0.05) is 85.8 Å². The van der Waals surface area contributed by atoms with Crippen molar-refractivity contribution < 1.29 is 0 Å². The normalized spacial score (nSPS) is 15.4. The third-order valence-electron chi connectivity index (χ3n) is 5.66. The zero-order valence-electron chi connectivity index (χ0n) is 16.0. The first-order valence-electron chi connectivity index (χ1n) is 9.95. The lowest BCUT2D eigenvalue weighted by Gasteiger charge is -2.32. The number of fused-ring (bicyclic) bond motifs is 2. The molecular weight excluding hydrogens is 338 g/mol. The molecule has 0 fully saturated rings. The molecule has 4 aromatic rings. The fourth-order valence-electron chi connectivity index (χ4n) is 4.35. The number of para-hydroxylation sites is 1. The predicted molar refractivity (Wildman–Crippen MR) is 121 cm³/mol. The topological polar surface area (TPSA) is 3.24 Å². The van der Waals surface area contributed by atoms with Crippen molar-refractivity contribution in [2.75, 3.05) is 4.90 Å². The van der Waals surface area contributed by atoms with Crippen LogP contribution in [-0.4, -0.2) is 0 Å². The largest absolute Gasteiger partial charge is 0.310 e. The summed E-state index contributed by atoms with van der Waals surface area (Å²) in [5, 5.41) is 2.53. The van der Waals surface area contributed by atoms with E-state index in [0.717, 1.165) is 6.42 Å². The first kappa shape index (κ1) is 16.8. The van der Waals surface area contributed by atoms with Crippen molar-refractivity contribution in [1.29, 1.82) is 0 Å². The van der Waals surface area contributed by atoms with E-state index in [4.69, 9.17) is 0 Å². The number of nitrogens with zero attached hydrogens (tertiary/aromatic N) is 1. The van der Waals surface area contributed by atoms with Crippen LogP contribution in [0.2, 0.25) is 0 Å². The van der Waals surface area contributed by atoms with Crippen LogP contribution in [0.1, 0.15) is 30.4 Å². The Morgan fingerprint density at radius 3 is 2.32 bits per heavy atom. The van der Waals surface area contributed by atoms with Gasteiger partial charge in [0.25, 0.3) is 0 Å². The zero-order chi connectivity index (χ0) is 18.9. The standard InChI is InChI=1S/C27H23N/c1-20-10-7-13-22-14-9-19-26(27(20)22)28(23-15-3-2-4-16-23)25-18-8-12-21-11-5-6-17-24(21)25/h2-9,11-20H,10H2,1H3. The molecule has 0 bridgehead atoms. The first-order chi connectivity index (χ1) is 13.8. The van der Waals surface area contributed by atoms with Gasteiger partial charge in [-0.25, -0.2) is 0 Å². The summed E-state index contributed by atoms with van der Waals surface area (Å²) in [4.78, 5) is 2.43. The van der Waals surface area contributed by atoms with Gasteiger partial charge in [0.2, 0.25) is 0 Å². The van der Waals surface area contributed by atoms with Gasteiger partial charge in [0.05, 0.1) is 11.4 Å². The van der Waals surface area contributed by atoms with E-state index in [1.807, 2.05) is 0 Å². The van der Waals surface area contributed by atoms with Gasteiger partial charge in [-0.05, 0) is 53.1 Å². The Morgan fingerprint density at radius 1 is 0.714 bits per heavy atom. The van der Waals surface area contributed by atoms with Gasteiger partial charge >= 0.3 is 0 Å². The van der Waals surface area contributed by atoms with Crippen LogP contribution >= 0.6 is 0 Å². The van der Waals surface area contributed by atoms with Gasteiger partial charge in [-0.15, -0.1) is 0 Å². The van der Waals surface area contributed by atoms with Crippen molar-refractivity contribution in [2.45, 2.75) is 19.3 Å². The van der Waals surface area contributed by atoms with Crippen molar-refractivity contribution >= 4 is 33.9 Å². The minimum Gasteiger partial charge on any atom is -0.310 e. The minimum atomic E-state index is 0.498. The molecule has 0 heterocycles. The highest BCUT2D eigenvalue weighted by molar-refractivity contribution is 5.99. The monoisotopic (exact) mass is 361 g/mol. The van der Waals surface area contributed by atoms with Crippen molar-refractivity contribution in [2.24, 2.45) is 0 Å². The predicted octanol–water partition coefficient (Wildman–Crippen LogP) is 7.83. The Labute approximate surface area is 166 Å². The summed E-state index contributed by atoms with van der Waals surface area (Å²) in [5.74, 6) is 0.498. The van der Waals surface area contributed by atoms with Gasteiger partial charge in [0.15, 0.2) is 0 Å². The Hall–Kier alpha value is -3.32. The molecule has 0 saturated heterocycles. The molecule has 4 aromatic carbocycles. The fraction of sp³-hybridized carbons (Fsp3) is 0.111. The molecule has 0 spiro atoms. The van der Waals surface area contributed by atoms with Gasteiger partial charge in [-0.2, -0.15) is 0 Å². The number of anilines is 3. The maximum absolute atomic E-state index is 2.43.